The molecule has 2 aliphatic rings. The number of nitrogens with zero attached hydrogens (tertiary/aromatic N) is 7. The molecule has 0 radical (unpaired) electrons. The van der Waals surface area contributed by atoms with E-state index in [2.05, 4.69) is 25.3 Å². The van der Waals surface area contributed by atoms with Crippen LogP contribution in [0.2, 0.25) is 0 Å². The van der Waals surface area contributed by atoms with Gasteiger partial charge in [-0.25, -0.2) is 13.8 Å². The molecule has 1 N–H and O–H groups in total. The van der Waals surface area contributed by atoms with Crippen LogP contribution in [0.15, 0.2) is 67.3 Å². The molecule has 0 bridgehead atoms. The number of carbonyl (C=O) groups excluding carboxylic acids is 2. The fraction of sp³-hybridized carbons (Fsp3) is 0.278. The van der Waals surface area contributed by atoms with E-state index in [9.17, 15) is 14.0 Å². The number of H-pyrrole nitrogens is 1. The van der Waals surface area contributed by atoms with E-state index in [1.165, 1.54) is 13.2 Å². The number of methoxy groups -OCH3 is 2. The van der Waals surface area contributed by atoms with Crippen LogP contribution in [-0.4, -0.2) is 92.0 Å². The molecular weight excluding hydrogens is 646 g/mol. The first-order valence-corrected chi connectivity index (χ1v) is 16.2. The van der Waals surface area contributed by atoms with Gasteiger partial charge in [-0.05, 0) is 59.9 Å². The normalized spacial score (nSPS) is 14.8. The average Bonchev–Trinajstić information content (AvgIpc) is 3.86. The molecule has 0 spiro atoms. The molecule has 0 aliphatic carbocycles. The van der Waals surface area contributed by atoms with Gasteiger partial charge in [-0.2, -0.15) is 0 Å². The van der Waals surface area contributed by atoms with Gasteiger partial charge in [-0.15, -0.1) is 5.10 Å². The Hall–Kier alpha value is -5.92. The number of fused-ring (bicyclic) bond motifs is 1. The molecule has 7 rings (SSSR count). The van der Waals surface area contributed by atoms with E-state index < -0.39 is 11.6 Å². The highest BCUT2D eigenvalue weighted by atomic mass is 19.1. The molecule has 1 aromatic carbocycles. The first kappa shape index (κ1) is 32.6. The van der Waals surface area contributed by atoms with Crippen molar-refractivity contribution in [3.8, 4) is 22.8 Å². The van der Waals surface area contributed by atoms with Crippen LogP contribution in [0.4, 0.5) is 8.78 Å². The third-order valence-corrected chi connectivity index (χ3v) is 9.08. The van der Waals surface area contributed by atoms with Gasteiger partial charge in [-0.3, -0.25) is 19.3 Å². The Bertz CT molecular complexity index is 2140. The number of aromatic amines is 1. The third kappa shape index (κ3) is 6.31. The van der Waals surface area contributed by atoms with Gasteiger partial charge < -0.3 is 24.3 Å². The number of ether oxygens (including phenoxy) is 2. The zero-order valence-electron chi connectivity index (χ0n) is 27.5. The van der Waals surface area contributed by atoms with Gasteiger partial charge in [0.05, 0.1) is 38.2 Å². The molecule has 0 fully saturated rings. The van der Waals surface area contributed by atoms with Crippen LogP contribution in [-0.2, 0) is 11.3 Å². The number of aromatic nitrogens is 6. The van der Waals surface area contributed by atoms with Crippen molar-refractivity contribution in [1.29, 1.82) is 0 Å². The largest absolute Gasteiger partial charge is 0.496 e. The lowest BCUT2D eigenvalue weighted by Crippen LogP contribution is -2.36. The fourth-order valence-corrected chi connectivity index (χ4v) is 6.47. The topological polar surface area (TPSA) is 131 Å². The summed E-state index contributed by atoms with van der Waals surface area (Å²) in [5.74, 6) is -0.989. The molecule has 6 heterocycles. The number of nitrogens with one attached hydrogen (secondary N) is 1. The smallest absolute Gasteiger partial charge is 0.270 e. The Kier molecular flexibility index (Phi) is 9.07. The van der Waals surface area contributed by atoms with Crippen LogP contribution in [0.5, 0.6) is 11.6 Å². The Balaban J connectivity index is 1.20. The first-order chi connectivity index (χ1) is 24.3. The molecular formula is C36H34F2N8O4. The van der Waals surface area contributed by atoms with E-state index in [1.54, 1.807) is 70.6 Å². The van der Waals surface area contributed by atoms with Gasteiger partial charge in [0.25, 0.3) is 11.8 Å². The number of benzene rings is 1. The lowest BCUT2D eigenvalue weighted by Gasteiger charge is -2.28. The average molecular weight is 681 g/mol. The van der Waals surface area contributed by atoms with Gasteiger partial charge in [0, 0.05) is 67.7 Å². The quantitative estimate of drug-likeness (QED) is 0.226. The summed E-state index contributed by atoms with van der Waals surface area (Å²) in [6.45, 7) is 1.81. The van der Waals surface area contributed by atoms with Crippen molar-refractivity contribution in [2.45, 2.75) is 25.8 Å². The minimum atomic E-state index is -0.549. The van der Waals surface area contributed by atoms with E-state index in [-0.39, 0.29) is 48.4 Å². The first-order valence-electron chi connectivity index (χ1n) is 16.2. The van der Waals surface area contributed by atoms with Crippen molar-refractivity contribution in [3.63, 3.8) is 0 Å². The molecule has 2 aliphatic heterocycles. The minimum absolute atomic E-state index is 0.0671. The maximum atomic E-state index is 16.6. The second kappa shape index (κ2) is 13.9. The van der Waals surface area contributed by atoms with Crippen LogP contribution >= 0.6 is 0 Å². The molecule has 50 heavy (non-hydrogen) atoms. The standard InChI is InChI=1S/C36H34F2N8O4/c1-49-31-7-11-39-20-27(31)25-18-24(23-4-3-13-45(21-23)32(47)10-16-46-17-12-40-43-46)33(38)34-26(25)19-30(41-34)36(48)44-14-8-22(9-15-44)29-6-5-28(37)35(42-29)50-2/h4-8,11-12,17-20,41H,3,9-10,13-16,21H2,1-2H3. The molecule has 0 unspecified atom stereocenters. The lowest BCUT2D eigenvalue weighted by molar-refractivity contribution is -0.131. The van der Waals surface area contributed by atoms with Gasteiger partial charge in [0.1, 0.15) is 11.4 Å². The molecule has 0 saturated heterocycles. The van der Waals surface area contributed by atoms with Crippen molar-refractivity contribution < 1.29 is 27.8 Å². The zero-order chi connectivity index (χ0) is 34.8. The van der Waals surface area contributed by atoms with Gasteiger partial charge in [0.2, 0.25) is 5.91 Å². The highest BCUT2D eigenvalue weighted by Crippen LogP contribution is 2.40. The van der Waals surface area contributed by atoms with Gasteiger partial charge in [-0.1, -0.05) is 17.4 Å². The second-order valence-electron chi connectivity index (χ2n) is 12.0. The monoisotopic (exact) mass is 680 g/mol. The van der Waals surface area contributed by atoms with Crippen LogP contribution in [0.1, 0.15) is 41.0 Å². The van der Waals surface area contributed by atoms with Crippen molar-refractivity contribution in [2.75, 3.05) is 40.4 Å². The number of rotatable bonds is 9. The Morgan fingerprint density at radius 2 is 1.84 bits per heavy atom. The number of aryl methyl sites for hydroxylation is 1. The van der Waals surface area contributed by atoms with E-state index in [0.717, 1.165) is 5.57 Å². The molecule has 0 saturated carbocycles. The van der Waals surface area contributed by atoms with Crippen LogP contribution in [0.25, 0.3) is 33.2 Å². The molecule has 14 heteroatoms. The summed E-state index contributed by atoms with van der Waals surface area (Å²) in [6.07, 6.45) is 11.6. The van der Waals surface area contributed by atoms with Gasteiger partial charge >= 0.3 is 0 Å². The summed E-state index contributed by atoms with van der Waals surface area (Å²) in [4.78, 5) is 42.0. The summed E-state index contributed by atoms with van der Waals surface area (Å²) < 4.78 is 42.8. The van der Waals surface area contributed by atoms with Crippen molar-refractivity contribution in [3.05, 3.63) is 95.9 Å². The van der Waals surface area contributed by atoms with Gasteiger partial charge in [0.15, 0.2) is 11.6 Å². The molecule has 12 nitrogen and oxygen atoms in total. The van der Waals surface area contributed by atoms with Crippen molar-refractivity contribution >= 4 is 33.9 Å². The predicted molar refractivity (Wildman–Crippen MR) is 181 cm³/mol. The number of halogens is 2. The predicted octanol–water partition coefficient (Wildman–Crippen LogP) is 5.15. The number of hydrogen-bond acceptors (Lipinski definition) is 8. The Labute approximate surface area is 286 Å². The molecule has 2 amide bonds. The van der Waals surface area contributed by atoms with Crippen LogP contribution in [0.3, 0.4) is 0 Å². The summed E-state index contributed by atoms with van der Waals surface area (Å²) in [5.41, 5.74) is 4.08. The van der Waals surface area contributed by atoms with Crippen LogP contribution in [0, 0.1) is 11.6 Å². The highest BCUT2D eigenvalue weighted by molar-refractivity contribution is 6.05. The second-order valence-corrected chi connectivity index (χ2v) is 12.0. The third-order valence-electron chi connectivity index (χ3n) is 9.08. The fourth-order valence-electron chi connectivity index (χ4n) is 6.47. The summed E-state index contributed by atoms with van der Waals surface area (Å²) in [7, 11) is 2.91. The van der Waals surface area contributed by atoms with E-state index in [0.29, 0.717) is 71.6 Å². The molecule has 5 aromatic rings. The Morgan fingerprint density at radius 1 is 0.960 bits per heavy atom. The van der Waals surface area contributed by atoms with E-state index in [4.69, 9.17) is 9.47 Å². The van der Waals surface area contributed by atoms with E-state index >= 15 is 4.39 Å². The summed E-state index contributed by atoms with van der Waals surface area (Å²) >= 11 is 0. The summed E-state index contributed by atoms with van der Waals surface area (Å²) in [5, 5.41) is 8.20. The van der Waals surface area contributed by atoms with Crippen LogP contribution < -0.4 is 9.47 Å². The number of amides is 2. The van der Waals surface area contributed by atoms with Crippen molar-refractivity contribution in [2.24, 2.45) is 0 Å². The highest BCUT2D eigenvalue weighted by Gasteiger charge is 2.27. The zero-order valence-corrected chi connectivity index (χ0v) is 27.5. The lowest BCUT2D eigenvalue weighted by atomic mass is 9.93. The maximum absolute atomic E-state index is 16.6. The number of hydrogen-bond donors (Lipinski definition) is 1. The molecule has 0 atom stereocenters. The number of pyridine rings is 2. The maximum Gasteiger partial charge on any atom is 0.270 e. The SMILES string of the molecule is COc1ccncc1-c1cc(C2=CCCN(C(=O)CCn3ccnn3)C2)c(F)c2[nH]c(C(=O)N3CC=C(c4ccc(F)c(OC)n4)CC3)cc12. The molecule has 256 valence electrons. The summed E-state index contributed by atoms with van der Waals surface area (Å²) in [6, 6.07) is 8.02. The minimum Gasteiger partial charge on any atom is -0.496 e. The van der Waals surface area contributed by atoms with Crippen molar-refractivity contribution in [1.82, 2.24) is 39.7 Å². The van der Waals surface area contributed by atoms with E-state index in [1.807, 2.05) is 12.2 Å². The molecule has 4 aromatic heterocycles. The number of carbonyl (C=O) groups is 2. The Morgan fingerprint density at radius 3 is 2.60 bits per heavy atom.